The molecule has 3 aromatic carbocycles. The maximum Gasteiger partial charge on any atom is 0.270 e. The van der Waals surface area contributed by atoms with Crippen LogP contribution in [0.5, 0.6) is 0 Å². The lowest BCUT2D eigenvalue weighted by atomic mass is 9.99. The number of nitro benzene ring substituents is 1. The summed E-state index contributed by atoms with van der Waals surface area (Å²) in [6, 6.07) is 19.4. The van der Waals surface area contributed by atoms with Crippen molar-refractivity contribution in [3.63, 3.8) is 0 Å². The molecule has 0 saturated heterocycles. The Morgan fingerprint density at radius 2 is 1.77 bits per heavy atom. The van der Waals surface area contributed by atoms with Gasteiger partial charge in [0.2, 0.25) is 0 Å². The number of rotatable bonds is 3. The summed E-state index contributed by atoms with van der Waals surface area (Å²) >= 11 is 6.04. The largest absolute Gasteiger partial charge is 0.354 e. The van der Waals surface area contributed by atoms with Gasteiger partial charge in [-0.1, -0.05) is 41.9 Å². The molecule has 1 aromatic heterocycles. The Balaban J connectivity index is 1.79. The number of hydrogen-bond acceptors (Lipinski definition) is 3. The molecule has 2 N–H and O–H groups in total. The molecule has 30 heavy (non-hydrogen) atoms. The van der Waals surface area contributed by atoms with Crippen molar-refractivity contribution >= 4 is 51.4 Å². The molecule has 0 unspecified atom stereocenters. The van der Waals surface area contributed by atoms with Gasteiger partial charge in [0.05, 0.1) is 10.6 Å². The highest BCUT2D eigenvalue weighted by atomic mass is 35.5. The van der Waals surface area contributed by atoms with Crippen molar-refractivity contribution in [2.45, 2.75) is 0 Å². The molecule has 0 spiro atoms. The summed E-state index contributed by atoms with van der Waals surface area (Å²) in [6.07, 6.45) is 1.79. The molecule has 0 aliphatic carbocycles. The van der Waals surface area contributed by atoms with Crippen LogP contribution in [0, 0.1) is 10.1 Å². The highest BCUT2D eigenvalue weighted by molar-refractivity contribution is 6.35. The van der Waals surface area contributed by atoms with Crippen LogP contribution in [0.3, 0.4) is 0 Å². The molecule has 7 heteroatoms. The summed E-state index contributed by atoms with van der Waals surface area (Å²) in [7, 11) is 0. The highest BCUT2D eigenvalue weighted by Gasteiger charge is 2.25. The van der Waals surface area contributed by atoms with Gasteiger partial charge in [0.1, 0.15) is 0 Å². The van der Waals surface area contributed by atoms with Gasteiger partial charge in [-0.15, -0.1) is 0 Å². The molecule has 5 rings (SSSR count). The summed E-state index contributed by atoms with van der Waals surface area (Å²) in [5, 5.41) is 15.5. The highest BCUT2D eigenvalue weighted by Crippen LogP contribution is 2.38. The smallest absolute Gasteiger partial charge is 0.270 e. The predicted octanol–water partition coefficient (Wildman–Crippen LogP) is 5.89. The molecule has 1 aliphatic rings. The molecule has 1 amide bonds. The Labute approximate surface area is 176 Å². The van der Waals surface area contributed by atoms with Crippen LogP contribution in [-0.2, 0) is 4.79 Å². The Morgan fingerprint density at radius 3 is 2.53 bits per heavy atom. The fourth-order valence-electron chi connectivity index (χ4n) is 3.74. The van der Waals surface area contributed by atoms with E-state index in [9.17, 15) is 14.9 Å². The van der Waals surface area contributed by atoms with Crippen molar-refractivity contribution < 1.29 is 9.72 Å². The Bertz CT molecular complexity index is 1370. The van der Waals surface area contributed by atoms with Crippen molar-refractivity contribution in [1.29, 1.82) is 0 Å². The van der Waals surface area contributed by atoms with E-state index in [1.807, 2.05) is 36.4 Å². The zero-order chi connectivity index (χ0) is 20.8. The lowest BCUT2D eigenvalue weighted by Gasteiger charge is -2.04. The Kier molecular flexibility index (Phi) is 4.15. The fraction of sp³-hybridized carbons (Fsp3) is 0. The average Bonchev–Trinajstić information content (AvgIpc) is 3.26. The van der Waals surface area contributed by atoms with Crippen LogP contribution in [-0.4, -0.2) is 15.8 Å². The van der Waals surface area contributed by atoms with Gasteiger partial charge >= 0.3 is 0 Å². The lowest BCUT2D eigenvalue weighted by molar-refractivity contribution is -0.384. The van der Waals surface area contributed by atoms with Gasteiger partial charge in [0, 0.05) is 50.4 Å². The Morgan fingerprint density at radius 1 is 1.00 bits per heavy atom. The van der Waals surface area contributed by atoms with E-state index >= 15 is 0 Å². The van der Waals surface area contributed by atoms with E-state index in [1.54, 1.807) is 24.3 Å². The second-order valence-electron chi connectivity index (χ2n) is 6.97. The minimum absolute atomic E-state index is 0.0138. The number of hydrogen-bond donors (Lipinski definition) is 2. The third-order valence-electron chi connectivity index (χ3n) is 5.16. The molecule has 4 aromatic rings. The number of benzene rings is 3. The molecular weight excluding hydrogens is 402 g/mol. The lowest BCUT2D eigenvalue weighted by Crippen LogP contribution is -2.03. The molecule has 0 radical (unpaired) electrons. The summed E-state index contributed by atoms with van der Waals surface area (Å²) in [5.74, 6) is -0.210. The number of non-ortho nitro benzene ring substituents is 1. The first-order chi connectivity index (χ1) is 14.5. The van der Waals surface area contributed by atoms with Gasteiger partial charge in [0.15, 0.2) is 0 Å². The zero-order valence-corrected chi connectivity index (χ0v) is 16.2. The van der Waals surface area contributed by atoms with E-state index in [0.717, 1.165) is 28.0 Å². The third kappa shape index (κ3) is 2.94. The van der Waals surface area contributed by atoms with Crippen LogP contribution in [0.1, 0.15) is 11.1 Å². The molecular formula is C23H14ClN3O3. The van der Waals surface area contributed by atoms with E-state index < -0.39 is 4.92 Å². The van der Waals surface area contributed by atoms with Crippen LogP contribution in [0.15, 0.2) is 66.7 Å². The number of nitrogens with one attached hydrogen (secondary N) is 2. The summed E-state index contributed by atoms with van der Waals surface area (Å²) in [6.45, 7) is 0. The number of anilines is 1. The summed E-state index contributed by atoms with van der Waals surface area (Å²) in [4.78, 5) is 26.9. The molecule has 1 aliphatic heterocycles. The van der Waals surface area contributed by atoms with E-state index in [0.29, 0.717) is 21.5 Å². The normalized spacial score (nSPS) is 14.2. The minimum Gasteiger partial charge on any atom is -0.354 e. The standard InChI is InChI=1S/C23H14ClN3O3/c24-14-7-5-13(6-8-14)22-18(17-11-15(27(29)30)9-10-21(17)25-22)12-19-16-3-1-2-4-20(16)26-23(19)28/h1-12,25H,(H,26,28). The number of aromatic nitrogens is 1. The SMILES string of the molecule is O=C1Nc2ccccc2C1=Cc1c(-c2ccc(Cl)cc2)[nH]c2ccc([N+](=O)[O-])cc12. The quantitative estimate of drug-likeness (QED) is 0.248. The van der Waals surface area contributed by atoms with Gasteiger partial charge in [-0.2, -0.15) is 0 Å². The summed E-state index contributed by atoms with van der Waals surface area (Å²) < 4.78 is 0. The van der Waals surface area contributed by atoms with Crippen LogP contribution < -0.4 is 5.32 Å². The molecule has 146 valence electrons. The first-order valence-electron chi connectivity index (χ1n) is 9.20. The number of carbonyl (C=O) groups is 1. The van der Waals surface area contributed by atoms with Crippen LogP contribution in [0.2, 0.25) is 5.02 Å². The monoisotopic (exact) mass is 415 g/mol. The van der Waals surface area contributed by atoms with Gasteiger partial charge in [-0.25, -0.2) is 0 Å². The summed E-state index contributed by atoms with van der Waals surface area (Å²) in [5.41, 5.74) is 5.09. The average molecular weight is 416 g/mol. The fourth-order valence-corrected chi connectivity index (χ4v) is 3.86. The maximum absolute atomic E-state index is 12.6. The second-order valence-corrected chi connectivity index (χ2v) is 7.40. The van der Waals surface area contributed by atoms with Crippen molar-refractivity contribution in [2.24, 2.45) is 0 Å². The number of amides is 1. The first-order valence-corrected chi connectivity index (χ1v) is 9.57. The number of halogens is 1. The number of fused-ring (bicyclic) bond motifs is 2. The number of aromatic amines is 1. The van der Waals surface area contributed by atoms with Crippen molar-refractivity contribution in [1.82, 2.24) is 4.98 Å². The zero-order valence-electron chi connectivity index (χ0n) is 15.5. The van der Waals surface area contributed by atoms with Crippen LogP contribution in [0.25, 0.3) is 33.8 Å². The number of nitrogens with zero attached hydrogens (tertiary/aromatic N) is 1. The van der Waals surface area contributed by atoms with E-state index in [2.05, 4.69) is 10.3 Å². The molecule has 0 fully saturated rings. The molecule has 0 saturated carbocycles. The Hall–Kier alpha value is -3.90. The molecule has 2 heterocycles. The van der Waals surface area contributed by atoms with Crippen LogP contribution >= 0.6 is 11.6 Å². The predicted molar refractivity (Wildman–Crippen MR) is 118 cm³/mol. The van der Waals surface area contributed by atoms with Crippen molar-refractivity contribution in [3.05, 3.63) is 93.0 Å². The van der Waals surface area contributed by atoms with E-state index in [-0.39, 0.29) is 11.6 Å². The molecule has 0 atom stereocenters. The number of H-pyrrole nitrogens is 1. The maximum atomic E-state index is 12.6. The second kappa shape index (κ2) is 6.86. The molecule has 0 bridgehead atoms. The molecule has 6 nitrogen and oxygen atoms in total. The number of para-hydroxylation sites is 1. The van der Waals surface area contributed by atoms with Gasteiger partial charge in [-0.05, 0) is 35.9 Å². The van der Waals surface area contributed by atoms with Crippen molar-refractivity contribution in [2.75, 3.05) is 5.32 Å². The first kappa shape index (κ1) is 18.1. The van der Waals surface area contributed by atoms with Crippen LogP contribution in [0.4, 0.5) is 11.4 Å². The minimum atomic E-state index is -0.428. The van der Waals surface area contributed by atoms with E-state index in [1.165, 1.54) is 12.1 Å². The topological polar surface area (TPSA) is 88.0 Å². The number of carbonyl (C=O) groups excluding carboxylic acids is 1. The number of nitro groups is 1. The van der Waals surface area contributed by atoms with Gasteiger partial charge in [0.25, 0.3) is 11.6 Å². The van der Waals surface area contributed by atoms with Gasteiger partial charge < -0.3 is 10.3 Å². The van der Waals surface area contributed by atoms with E-state index in [4.69, 9.17) is 11.6 Å². The van der Waals surface area contributed by atoms with Gasteiger partial charge in [-0.3, -0.25) is 14.9 Å². The van der Waals surface area contributed by atoms with Crippen molar-refractivity contribution in [3.8, 4) is 11.3 Å². The third-order valence-corrected chi connectivity index (χ3v) is 5.42.